The van der Waals surface area contributed by atoms with Gasteiger partial charge in [0.2, 0.25) is 0 Å². The van der Waals surface area contributed by atoms with Gasteiger partial charge in [0, 0.05) is 15.8 Å². The van der Waals surface area contributed by atoms with E-state index in [1.54, 1.807) is 23.5 Å². The van der Waals surface area contributed by atoms with Crippen LogP contribution in [0.3, 0.4) is 0 Å². The number of hydrogen-bond acceptors (Lipinski definition) is 2. The van der Waals surface area contributed by atoms with Crippen LogP contribution in [0.1, 0.15) is 23.8 Å². The number of hydrogen-bond donors (Lipinski definition) is 1. The number of halogens is 3. The van der Waals surface area contributed by atoms with Gasteiger partial charge in [-0.1, -0.05) is 23.2 Å². The lowest BCUT2D eigenvalue weighted by Gasteiger charge is -2.06. The van der Waals surface area contributed by atoms with Crippen molar-refractivity contribution in [2.24, 2.45) is 11.7 Å². The van der Waals surface area contributed by atoms with Gasteiger partial charge in [-0.05, 0) is 48.6 Å². The normalized spacial score (nSPS) is 16.6. The highest BCUT2D eigenvalue weighted by atomic mass is 35.5. The molecule has 1 unspecified atom stereocenters. The monoisotopic (exact) mass is 315 g/mol. The highest BCUT2D eigenvalue weighted by Crippen LogP contribution is 2.43. The molecule has 5 heteroatoms. The van der Waals surface area contributed by atoms with E-state index in [1.807, 2.05) is 12.1 Å². The van der Waals surface area contributed by atoms with Gasteiger partial charge in [0.1, 0.15) is 0 Å². The van der Waals surface area contributed by atoms with E-state index in [-0.39, 0.29) is 16.1 Å². The molecule has 1 saturated carbocycles. The fourth-order valence-corrected chi connectivity index (χ4v) is 3.65. The van der Waals surface area contributed by atoms with Crippen molar-refractivity contribution in [1.82, 2.24) is 0 Å². The molecule has 0 bridgehead atoms. The van der Waals surface area contributed by atoms with Crippen molar-refractivity contribution in [2.45, 2.75) is 18.9 Å². The third-order valence-corrected chi connectivity index (χ3v) is 5.14. The summed E-state index contributed by atoms with van der Waals surface area (Å²) in [6, 6.07) is 7.34. The molecule has 0 radical (unpaired) electrons. The SMILES string of the molecule is NC(c1ccc(-c2cc(Cl)c(F)c(Cl)c2)s1)C1CC1. The average molecular weight is 316 g/mol. The predicted octanol–water partition coefficient (Wildman–Crippen LogP) is 5.27. The van der Waals surface area contributed by atoms with Gasteiger partial charge in [0.25, 0.3) is 0 Å². The Morgan fingerprint density at radius 1 is 1.21 bits per heavy atom. The third-order valence-electron chi connectivity index (χ3n) is 3.35. The van der Waals surface area contributed by atoms with Gasteiger partial charge in [0.15, 0.2) is 5.82 Å². The summed E-state index contributed by atoms with van der Waals surface area (Å²) in [4.78, 5) is 2.17. The molecule has 2 N–H and O–H groups in total. The predicted molar refractivity (Wildman–Crippen MR) is 79.4 cm³/mol. The molecule has 1 aliphatic carbocycles. The van der Waals surface area contributed by atoms with E-state index in [0.29, 0.717) is 5.92 Å². The van der Waals surface area contributed by atoms with Crippen LogP contribution in [0.25, 0.3) is 10.4 Å². The molecule has 1 atom stereocenters. The molecule has 19 heavy (non-hydrogen) atoms. The summed E-state index contributed by atoms with van der Waals surface area (Å²) in [5.74, 6) is 0.0467. The minimum absolute atomic E-state index is 0.0453. The van der Waals surface area contributed by atoms with Crippen molar-refractivity contribution in [3.05, 3.63) is 45.0 Å². The molecular formula is C14H12Cl2FNS. The van der Waals surface area contributed by atoms with E-state index in [2.05, 4.69) is 0 Å². The molecule has 3 rings (SSSR count). The zero-order chi connectivity index (χ0) is 13.6. The number of benzene rings is 1. The molecule has 0 amide bonds. The molecule has 0 spiro atoms. The summed E-state index contributed by atoms with van der Waals surface area (Å²) in [5.41, 5.74) is 7.00. The largest absolute Gasteiger partial charge is 0.323 e. The average Bonchev–Trinajstić information content (AvgIpc) is 3.11. The summed E-state index contributed by atoms with van der Waals surface area (Å²) in [6.45, 7) is 0. The Labute approximate surface area is 125 Å². The summed E-state index contributed by atoms with van der Waals surface area (Å²) < 4.78 is 13.4. The summed E-state index contributed by atoms with van der Waals surface area (Å²) in [7, 11) is 0. The van der Waals surface area contributed by atoms with Crippen LogP contribution in [0.2, 0.25) is 10.0 Å². The van der Waals surface area contributed by atoms with Crippen molar-refractivity contribution in [3.63, 3.8) is 0 Å². The van der Waals surface area contributed by atoms with Crippen molar-refractivity contribution in [2.75, 3.05) is 0 Å². The molecule has 2 aromatic rings. The van der Waals surface area contributed by atoms with Gasteiger partial charge >= 0.3 is 0 Å². The first kappa shape index (κ1) is 13.4. The van der Waals surface area contributed by atoms with Crippen LogP contribution in [-0.4, -0.2) is 0 Å². The van der Waals surface area contributed by atoms with Gasteiger partial charge in [-0.3, -0.25) is 0 Å². The fraction of sp³-hybridized carbons (Fsp3) is 0.286. The van der Waals surface area contributed by atoms with Crippen LogP contribution >= 0.6 is 34.5 Å². The highest BCUT2D eigenvalue weighted by Gasteiger charge is 2.30. The number of thiophene rings is 1. The minimum Gasteiger partial charge on any atom is -0.323 e. The summed E-state index contributed by atoms with van der Waals surface area (Å²) in [5, 5.41) is 0.0906. The molecule has 1 fully saturated rings. The van der Waals surface area contributed by atoms with E-state index >= 15 is 0 Å². The Morgan fingerprint density at radius 3 is 2.42 bits per heavy atom. The lowest BCUT2D eigenvalue weighted by molar-refractivity contribution is 0.629. The van der Waals surface area contributed by atoms with E-state index in [9.17, 15) is 4.39 Å². The topological polar surface area (TPSA) is 26.0 Å². The van der Waals surface area contributed by atoms with Crippen molar-refractivity contribution >= 4 is 34.5 Å². The Hall–Kier alpha value is -0.610. The number of rotatable bonds is 3. The molecular weight excluding hydrogens is 304 g/mol. The lowest BCUT2D eigenvalue weighted by atomic mass is 10.1. The van der Waals surface area contributed by atoms with Crippen LogP contribution < -0.4 is 5.73 Å². The van der Waals surface area contributed by atoms with E-state index in [0.717, 1.165) is 15.3 Å². The van der Waals surface area contributed by atoms with E-state index in [1.165, 1.54) is 12.8 Å². The zero-order valence-electron chi connectivity index (χ0n) is 10.00. The standard InChI is InChI=1S/C14H12Cl2FNS/c15-9-5-8(6-10(16)13(9)17)11-3-4-12(19-11)14(18)7-1-2-7/h3-7,14H,1-2,18H2. The molecule has 1 aliphatic rings. The highest BCUT2D eigenvalue weighted by molar-refractivity contribution is 7.15. The maximum absolute atomic E-state index is 13.4. The Bertz CT molecular complexity index is 599. The first-order valence-corrected chi connectivity index (χ1v) is 7.63. The maximum Gasteiger partial charge on any atom is 0.160 e. The van der Waals surface area contributed by atoms with Gasteiger partial charge < -0.3 is 5.73 Å². The van der Waals surface area contributed by atoms with Crippen LogP contribution in [-0.2, 0) is 0 Å². The molecule has 1 heterocycles. The van der Waals surface area contributed by atoms with E-state index in [4.69, 9.17) is 28.9 Å². The van der Waals surface area contributed by atoms with Crippen LogP contribution in [0.5, 0.6) is 0 Å². The Kier molecular flexibility index (Phi) is 3.56. The lowest BCUT2D eigenvalue weighted by Crippen LogP contribution is -2.10. The Balaban J connectivity index is 1.94. The van der Waals surface area contributed by atoms with Gasteiger partial charge in [-0.25, -0.2) is 4.39 Å². The molecule has 0 aliphatic heterocycles. The quantitative estimate of drug-likeness (QED) is 0.767. The van der Waals surface area contributed by atoms with Crippen LogP contribution in [0.4, 0.5) is 4.39 Å². The summed E-state index contributed by atoms with van der Waals surface area (Å²) in [6.07, 6.45) is 2.42. The van der Waals surface area contributed by atoms with Crippen LogP contribution in [0.15, 0.2) is 24.3 Å². The fourth-order valence-electron chi connectivity index (χ4n) is 2.07. The van der Waals surface area contributed by atoms with Crippen LogP contribution in [0, 0.1) is 11.7 Å². The van der Waals surface area contributed by atoms with E-state index < -0.39 is 5.82 Å². The second-order valence-corrected chi connectivity index (χ2v) is 6.75. The molecule has 100 valence electrons. The van der Waals surface area contributed by atoms with Crippen molar-refractivity contribution in [1.29, 1.82) is 0 Å². The smallest absolute Gasteiger partial charge is 0.160 e. The third kappa shape index (κ3) is 2.65. The molecule has 1 aromatic heterocycles. The summed E-state index contributed by atoms with van der Waals surface area (Å²) >= 11 is 13.3. The first-order chi connectivity index (χ1) is 9.06. The van der Waals surface area contributed by atoms with Crippen molar-refractivity contribution in [3.8, 4) is 10.4 Å². The number of nitrogens with two attached hydrogens (primary N) is 1. The van der Waals surface area contributed by atoms with Gasteiger partial charge in [-0.2, -0.15) is 0 Å². The Morgan fingerprint density at radius 2 is 1.84 bits per heavy atom. The second-order valence-electron chi connectivity index (χ2n) is 4.82. The molecule has 0 saturated heterocycles. The first-order valence-electron chi connectivity index (χ1n) is 6.06. The van der Waals surface area contributed by atoms with Gasteiger partial charge in [-0.15, -0.1) is 11.3 Å². The van der Waals surface area contributed by atoms with Gasteiger partial charge in [0.05, 0.1) is 10.0 Å². The molecule has 1 aromatic carbocycles. The van der Waals surface area contributed by atoms with Crippen molar-refractivity contribution < 1.29 is 4.39 Å². The zero-order valence-corrected chi connectivity index (χ0v) is 12.3. The maximum atomic E-state index is 13.4. The molecule has 1 nitrogen and oxygen atoms in total. The second kappa shape index (κ2) is 5.06. The minimum atomic E-state index is -0.571.